The second-order valence-electron chi connectivity index (χ2n) is 10.1. The molecule has 0 saturated carbocycles. The van der Waals surface area contributed by atoms with E-state index in [1.54, 1.807) is 0 Å². The molecule has 1 unspecified atom stereocenters. The Kier molecular flexibility index (Phi) is 5.15. The van der Waals surface area contributed by atoms with E-state index in [1.165, 1.54) is 55.7 Å². The Hall–Kier alpha value is -2.44. The number of imidazole rings is 1. The second-order valence-corrected chi connectivity index (χ2v) is 10.1. The molecule has 0 bridgehead atoms. The zero-order valence-electron chi connectivity index (χ0n) is 19.3. The van der Waals surface area contributed by atoms with Gasteiger partial charge in [0.2, 0.25) is 0 Å². The van der Waals surface area contributed by atoms with E-state index >= 15 is 0 Å². The number of fused-ring (bicyclic) bond motifs is 4. The van der Waals surface area contributed by atoms with E-state index in [4.69, 9.17) is 9.97 Å². The molecular formula is C26H34N6. The third-order valence-electron chi connectivity index (χ3n) is 8.01. The van der Waals surface area contributed by atoms with Crippen molar-refractivity contribution in [1.82, 2.24) is 24.2 Å². The third kappa shape index (κ3) is 3.50. The Morgan fingerprint density at radius 3 is 2.91 bits per heavy atom. The number of piperidine rings is 1. The van der Waals surface area contributed by atoms with E-state index in [9.17, 15) is 0 Å². The molecule has 2 aliphatic heterocycles. The average molecular weight is 431 g/mol. The summed E-state index contributed by atoms with van der Waals surface area (Å²) in [6.07, 6.45) is 10.5. The van der Waals surface area contributed by atoms with Crippen LogP contribution in [-0.4, -0.2) is 63.9 Å². The van der Waals surface area contributed by atoms with Gasteiger partial charge in [0.25, 0.3) is 0 Å². The van der Waals surface area contributed by atoms with Crippen molar-refractivity contribution in [3.8, 4) is 0 Å². The van der Waals surface area contributed by atoms with Crippen molar-refractivity contribution in [3.63, 3.8) is 0 Å². The number of aryl methyl sites for hydroxylation is 1. The molecule has 3 atom stereocenters. The fraction of sp³-hybridized carbons (Fsp3) is 0.538. The molecule has 0 radical (unpaired) electrons. The lowest BCUT2D eigenvalue weighted by Crippen LogP contribution is -2.41. The molecule has 0 aromatic carbocycles. The maximum Gasteiger partial charge on any atom is 0.138 e. The number of anilines is 1. The summed E-state index contributed by atoms with van der Waals surface area (Å²) < 4.78 is 2.29. The molecule has 3 aliphatic rings. The normalized spacial score (nSPS) is 26.2. The van der Waals surface area contributed by atoms with Crippen molar-refractivity contribution < 1.29 is 0 Å². The van der Waals surface area contributed by atoms with Crippen molar-refractivity contribution in [2.24, 2.45) is 5.92 Å². The van der Waals surface area contributed by atoms with E-state index < -0.39 is 0 Å². The summed E-state index contributed by atoms with van der Waals surface area (Å²) in [6, 6.07) is 11.9. The predicted molar refractivity (Wildman–Crippen MR) is 128 cm³/mol. The van der Waals surface area contributed by atoms with Gasteiger partial charge >= 0.3 is 0 Å². The number of hydrogen-bond donors (Lipinski definition) is 0. The zero-order chi connectivity index (χ0) is 21.7. The highest BCUT2D eigenvalue weighted by Crippen LogP contribution is 2.43. The van der Waals surface area contributed by atoms with Crippen LogP contribution in [0.3, 0.4) is 0 Å². The number of aromatic nitrogens is 3. The van der Waals surface area contributed by atoms with Crippen LogP contribution in [0.15, 0.2) is 42.7 Å². The monoisotopic (exact) mass is 430 g/mol. The van der Waals surface area contributed by atoms with Gasteiger partial charge in [-0.15, -0.1) is 0 Å². The van der Waals surface area contributed by atoms with Crippen LogP contribution >= 0.6 is 0 Å². The molecule has 5 heterocycles. The smallest absolute Gasteiger partial charge is 0.138 e. The molecular weight excluding hydrogens is 396 g/mol. The molecule has 32 heavy (non-hydrogen) atoms. The molecule has 0 N–H and O–H groups in total. The van der Waals surface area contributed by atoms with Crippen LogP contribution in [0, 0.1) is 5.92 Å². The first-order valence-corrected chi connectivity index (χ1v) is 12.2. The van der Waals surface area contributed by atoms with E-state index in [0.29, 0.717) is 12.1 Å². The summed E-state index contributed by atoms with van der Waals surface area (Å²) in [4.78, 5) is 17.4. The quantitative estimate of drug-likeness (QED) is 0.630. The highest BCUT2D eigenvalue weighted by Gasteiger charge is 2.37. The van der Waals surface area contributed by atoms with Crippen molar-refractivity contribution >= 4 is 11.5 Å². The standard InChI is InChI=1S/C26H34N6/c1-29-15-12-22(18-29)30(2)24-9-3-8-23-28-21(17-32(23)24)16-31-14-5-7-20-11-10-19-6-4-13-27-25(19)26(20)31/h3-4,6,8-9,13,17,20,22,26H,5,7,10-12,14-16,18H2,1-2H3/t20-,22?,26-/m0/s1. The number of pyridine rings is 2. The van der Waals surface area contributed by atoms with Gasteiger partial charge in [-0.25, -0.2) is 4.98 Å². The van der Waals surface area contributed by atoms with Gasteiger partial charge in [0.05, 0.1) is 17.4 Å². The molecule has 3 aromatic rings. The fourth-order valence-corrected chi connectivity index (χ4v) is 6.33. The van der Waals surface area contributed by atoms with Crippen LogP contribution in [0.5, 0.6) is 0 Å². The van der Waals surface area contributed by atoms with Crippen LogP contribution in [0.1, 0.15) is 48.7 Å². The molecule has 0 spiro atoms. The number of nitrogens with zero attached hydrogens (tertiary/aromatic N) is 6. The van der Waals surface area contributed by atoms with Crippen LogP contribution in [0.25, 0.3) is 5.65 Å². The minimum Gasteiger partial charge on any atom is -0.356 e. The zero-order valence-corrected chi connectivity index (χ0v) is 19.3. The predicted octanol–water partition coefficient (Wildman–Crippen LogP) is 3.77. The van der Waals surface area contributed by atoms with Gasteiger partial charge in [0, 0.05) is 38.6 Å². The second kappa shape index (κ2) is 8.16. The van der Waals surface area contributed by atoms with Gasteiger partial charge in [-0.3, -0.25) is 14.3 Å². The maximum absolute atomic E-state index is 5.05. The van der Waals surface area contributed by atoms with E-state index in [2.05, 4.69) is 69.7 Å². The molecule has 6 heteroatoms. The third-order valence-corrected chi connectivity index (χ3v) is 8.01. The Morgan fingerprint density at radius 1 is 1.09 bits per heavy atom. The Bertz CT molecular complexity index is 1110. The van der Waals surface area contributed by atoms with Gasteiger partial charge in [0.1, 0.15) is 11.5 Å². The molecule has 0 amide bonds. The Labute approximate surface area is 190 Å². The molecule has 6 rings (SSSR count). The van der Waals surface area contributed by atoms with Crippen LogP contribution < -0.4 is 4.90 Å². The highest BCUT2D eigenvalue weighted by molar-refractivity contribution is 5.53. The van der Waals surface area contributed by atoms with Crippen molar-refractivity contribution in [3.05, 3.63) is 59.7 Å². The molecule has 2 fully saturated rings. The van der Waals surface area contributed by atoms with Gasteiger partial charge in [-0.2, -0.15) is 0 Å². The van der Waals surface area contributed by atoms with Crippen LogP contribution in [0.4, 0.5) is 5.82 Å². The average Bonchev–Trinajstić information content (AvgIpc) is 3.44. The first-order valence-electron chi connectivity index (χ1n) is 12.2. The summed E-state index contributed by atoms with van der Waals surface area (Å²) >= 11 is 0. The van der Waals surface area contributed by atoms with Gasteiger partial charge in [-0.05, 0) is 81.9 Å². The lowest BCUT2D eigenvalue weighted by molar-refractivity contribution is 0.0687. The minimum absolute atomic E-state index is 0.440. The van der Waals surface area contributed by atoms with Crippen molar-refractivity contribution in [2.45, 2.75) is 50.7 Å². The van der Waals surface area contributed by atoms with Gasteiger partial charge < -0.3 is 9.80 Å². The van der Waals surface area contributed by atoms with E-state index in [1.807, 2.05) is 6.20 Å². The fourth-order valence-electron chi connectivity index (χ4n) is 6.33. The van der Waals surface area contributed by atoms with E-state index in [-0.39, 0.29) is 0 Å². The molecule has 3 aromatic heterocycles. The topological polar surface area (TPSA) is 39.9 Å². The minimum atomic E-state index is 0.440. The van der Waals surface area contributed by atoms with Crippen molar-refractivity contribution in [2.75, 3.05) is 38.6 Å². The largest absolute Gasteiger partial charge is 0.356 e. The summed E-state index contributed by atoms with van der Waals surface area (Å²) in [6.45, 7) is 4.32. The Morgan fingerprint density at radius 2 is 2.03 bits per heavy atom. The van der Waals surface area contributed by atoms with Crippen LogP contribution in [-0.2, 0) is 13.0 Å². The molecule has 2 saturated heterocycles. The summed E-state index contributed by atoms with van der Waals surface area (Å²) in [5, 5.41) is 0. The highest BCUT2D eigenvalue weighted by atomic mass is 15.3. The lowest BCUT2D eigenvalue weighted by Gasteiger charge is -2.44. The van der Waals surface area contributed by atoms with Gasteiger partial charge in [0.15, 0.2) is 0 Å². The summed E-state index contributed by atoms with van der Waals surface area (Å²) in [5.74, 6) is 1.96. The number of rotatable bonds is 4. The number of likely N-dealkylation sites (N-methyl/N-ethyl adjacent to an activating group) is 2. The number of likely N-dealkylation sites (tertiary alicyclic amines) is 2. The van der Waals surface area contributed by atoms with E-state index in [0.717, 1.165) is 36.9 Å². The first-order chi connectivity index (χ1) is 15.7. The van der Waals surface area contributed by atoms with Crippen molar-refractivity contribution in [1.29, 1.82) is 0 Å². The molecule has 6 nitrogen and oxygen atoms in total. The maximum atomic E-state index is 5.05. The SMILES string of the molecule is CN1CCC(N(C)c2cccc3nc(CN4CCC[C@H]5CCc6cccnc6[C@H]54)cn23)C1. The molecule has 168 valence electrons. The van der Waals surface area contributed by atoms with Gasteiger partial charge in [-0.1, -0.05) is 12.1 Å². The first kappa shape index (κ1) is 20.2. The van der Waals surface area contributed by atoms with Crippen LogP contribution in [0.2, 0.25) is 0 Å². The Balaban J connectivity index is 1.29. The summed E-state index contributed by atoms with van der Waals surface area (Å²) in [5.41, 5.74) is 4.98. The lowest BCUT2D eigenvalue weighted by atomic mass is 9.77. The number of hydrogen-bond acceptors (Lipinski definition) is 5. The summed E-state index contributed by atoms with van der Waals surface area (Å²) in [7, 11) is 4.45. The molecule has 1 aliphatic carbocycles.